The van der Waals surface area contributed by atoms with Crippen molar-refractivity contribution in [3.8, 4) is 0 Å². The summed E-state index contributed by atoms with van der Waals surface area (Å²) >= 11 is 0. The Hall–Kier alpha value is -1.31. The zero-order chi connectivity index (χ0) is 10.1. The summed E-state index contributed by atoms with van der Waals surface area (Å²) in [6.45, 7) is 5.18. The lowest BCUT2D eigenvalue weighted by Gasteiger charge is -2.44. The topological polar surface area (TPSA) is 20.3 Å². The second kappa shape index (κ2) is 3.45. The molecular formula is C12H15NO. The normalized spacial score (nSPS) is 25.7. The quantitative estimate of drug-likeness (QED) is 0.663. The first kappa shape index (κ1) is 9.25. The van der Waals surface area contributed by atoms with E-state index in [1.807, 2.05) is 35.2 Å². The van der Waals surface area contributed by atoms with E-state index in [0.717, 1.165) is 12.1 Å². The minimum absolute atomic E-state index is 0.163. The van der Waals surface area contributed by atoms with Crippen LogP contribution in [0.25, 0.3) is 0 Å². The fraction of sp³-hybridized carbons (Fsp3) is 0.417. The summed E-state index contributed by atoms with van der Waals surface area (Å²) in [5.41, 5.74) is 0.797. The van der Waals surface area contributed by atoms with E-state index >= 15 is 0 Å². The minimum atomic E-state index is 0.163. The van der Waals surface area contributed by atoms with Crippen molar-refractivity contribution in [3.05, 3.63) is 35.9 Å². The summed E-state index contributed by atoms with van der Waals surface area (Å²) in [5.74, 6) is 0.805. The van der Waals surface area contributed by atoms with E-state index in [0.29, 0.717) is 12.0 Å². The predicted octanol–water partition coefficient (Wildman–Crippen LogP) is 2.17. The van der Waals surface area contributed by atoms with Crippen LogP contribution < -0.4 is 0 Å². The SMILES string of the molecule is C[C@@H]1[C@@H](C)CN1C(=O)c1ccccc1. The van der Waals surface area contributed by atoms with Gasteiger partial charge in [0.1, 0.15) is 0 Å². The van der Waals surface area contributed by atoms with Crippen molar-refractivity contribution < 1.29 is 4.79 Å². The lowest BCUT2D eigenvalue weighted by Crippen LogP contribution is -2.55. The molecule has 1 amide bonds. The molecule has 0 radical (unpaired) electrons. The van der Waals surface area contributed by atoms with Gasteiger partial charge in [0, 0.05) is 18.2 Å². The van der Waals surface area contributed by atoms with Crippen LogP contribution in [0.1, 0.15) is 24.2 Å². The molecule has 1 aliphatic heterocycles. The van der Waals surface area contributed by atoms with Crippen LogP contribution in [0.4, 0.5) is 0 Å². The maximum atomic E-state index is 11.9. The van der Waals surface area contributed by atoms with Gasteiger partial charge in [-0.1, -0.05) is 25.1 Å². The Morgan fingerprint density at radius 1 is 1.29 bits per heavy atom. The molecular weight excluding hydrogens is 174 g/mol. The Balaban J connectivity index is 2.11. The zero-order valence-corrected chi connectivity index (χ0v) is 8.60. The molecule has 1 aliphatic rings. The molecule has 2 rings (SSSR count). The molecule has 1 fully saturated rings. The van der Waals surface area contributed by atoms with Crippen molar-refractivity contribution >= 4 is 5.91 Å². The Morgan fingerprint density at radius 2 is 1.93 bits per heavy atom. The molecule has 0 unspecified atom stereocenters. The summed E-state index contributed by atoms with van der Waals surface area (Å²) in [5, 5.41) is 0. The molecule has 0 aromatic heterocycles. The number of amides is 1. The van der Waals surface area contributed by atoms with Crippen molar-refractivity contribution in [2.75, 3.05) is 6.54 Å². The number of nitrogens with zero attached hydrogens (tertiary/aromatic N) is 1. The third-order valence-electron chi connectivity index (χ3n) is 3.08. The molecule has 2 atom stereocenters. The highest BCUT2D eigenvalue weighted by Crippen LogP contribution is 2.25. The fourth-order valence-corrected chi connectivity index (χ4v) is 1.81. The molecule has 2 heteroatoms. The molecule has 1 aromatic rings. The highest BCUT2D eigenvalue weighted by molar-refractivity contribution is 5.94. The molecule has 1 heterocycles. The Morgan fingerprint density at radius 3 is 2.43 bits per heavy atom. The highest BCUT2D eigenvalue weighted by Gasteiger charge is 2.35. The second-order valence-corrected chi connectivity index (χ2v) is 4.04. The summed E-state index contributed by atoms with van der Waals surface area (Å²) in [6, 6.07) is 9.87. The molecule has 14 heavy (non-hydrogen) atoms. The standard InChI is InChI=1S/C12H15NO/c1-9-8-13(10(9)2)12(14)11-6-4-3-5-7-11/h3-7,9-10H,8H2,1-2H3/t9-,10+/m0/s1. The summed E-state index contributed by atoms with van der Waals surface area (Å²) < 4.78 is 0. The number of rotatable bonds is 1. The third kappa shape index (κ3) is 1.41. The largest absolute Gasteiger partial charge is 0.335 e. The molecule has 2 nitrogen and oxygen atoms in total. The number of carbonyl (C=O) groups excluding carboxylic acids is 1. The van der Waals surface area contributed by atoms with Gasteiger partial charge in [-0.05, 0) is 25.0 Å². The first-order chi connectivity index (χ1) is 6.70. The van der Waals surface area contributed by atoms with Gasteiger partial charge in [-0.2, -0.15) is 0 Å². The van der Waals surface area contributed by atoms with Gasteiger partial charge in [0.2, 0.25) is 0 Å². The number of carbonyl (C=O) groups is 1. The zero-order valence-electron chi connectivity index (χ0n) is 8.60. The van der Waals surface area contributed by atoms with Gasteiger partial charge in [-0.25, -0.2) is 0 Å². The molecule has 1 aromatic carbocycles. The van der Waals surface area contributed by atoms with Crippen LogP contribution in [-0.2, 0) is 0 Å². The summed E-state index contributed by atoms with van der Waals surface area (Å²) in [4.78, 5) is 13.8. The van der Waals surface area contributed by atoms with Gasteiger partial charge in [0.05, 0.1) is 0 Å². The number of hydrogen-bond acceptors (Lipinski definition) is 1. The number of likely N-dealkylation sites (tertiary alicyclic amines) is 1. The average Bonchev–Trinajstić information content (AvgIpc) is 2.25. The van der Waals surface area contributed by atoms with Crippen LogP contribution in [0.2, 0.25) is 0 Å². The average molecular weight is 189 g/mol. The predicted molar refractivity (Wildman–Crippen MR) is 56.1 cm³/mol. The van der Waals surface area contributed by atoms with Gasteiger partial charge in [-0.3, -0.25) is 4.79 Å². The van der Waals surface area contributed by atoms with Gasteiger partial charge >= 0.3 is 0 Å². The lowest BCUT2D eigenvalue weighted by atomic mass is 9.91. The van der Waals surface area contributed by atoms with Crippen LogP contribution in [-0.4, -0.2) is 23.4 Å². The molecule has 0 saturated carbocycles. The van der Waals surface area contributed by atoms with Crippen molar-refractivity contribution in [2.45, 2.75) is 19.9 Å². The van der Waals surface area contributed by atoms with Crippen molar-refractivity contribution in [2.24, 2.45) is 5.92 Å². The van der Waals surface area contributed by atoms with E-state index in [-0.39, 0.29) is 5.91 Å². The fourth-order valence-electron chi connectivity index (χ4n) is 1.81. The van der Waals surface area contributed by atoms with Crippen LogP contribution in [0.5, 0.6) is 0 Å². The smallest absolute Gasteiger partial charge is 0.254 e. The first-order valence-corrected chi connectivity index (χ1v) is 5.06. The van der Waals surface area contributed by atoms with Gasteiger partial charge < -0.3 is 4.90 Å². The van der Waals surface area contributed by atoms with Crippen LogP contribution >= 0.6 is 0 Å². The van der Waals surface area contributed by atoms with E-state index in [4.69, 9.17) is 0 Å². The number of hydrogen-bond donors (Lipinski definition) is 0. The maximum Gasteiger partial charge on any atom is 0.254 e. The van der Waals surface area contributed by atoms with E-state index in [1.165, 1.54) is 0 Å². The highest BCUT2D eigenvalue weighted by atomic mass is 16.2. The number of benzene rings is 1. The van der Waals surface area contributed by atoms with E-state index < -0.39 is 0 Å². The van der Waals surface area contributed by atoms with Crippen molar-refractivity contribution in [1.82, 2.24) is 4.90 Å². The Kier molecular flexibility index (Phi) is 2.28. The molecule has 0 spiro atoms. The van der Waals surface area contributed by atoms with Gasteiger partial charge in [0.25, 0.3) is 5.91 Å². The van der Waals surface area contributed by atoms with Crippen molar-refractivity contribution in [3.63, 3.8) is 0 Å². The molecule has 74 valence electrons. The Bertz CT molecular complexity index is 333. The van der Waals surface area contributed by atoms with Crippen LogP contribution in [0.3, 0.4) is 0 Å². The maximum absolute atomic E-state index is 11.9. The van der Waals surface area contributed by atoms with E-state index in [9.17, 15) is 4.79 Å². The monoisotopic (exact) mass is 189 g/mol. The second-order valence-electron chi connectivity index (χ2n) is 4.04. The van der Waals surface area contributed by atoms with Gasteiger partial charge in [0.15, 0.2) is 0 Å². The van der Waals surface area contributed by atoms with Crippen molar-refractivity contribution in [1.29, 1.82) is 0 Å². The Labute approximate surface area is 84.5 Å². The lowest BCUT2D eigenvalue weighted by molar-refractivity contribution is 0.0270. The summed E-state index contributed by atoms with van der Waals surface area (Å²) in [6.07, 6.45) is 0. The van der Waals surface area contributed by atoms with E-state index in [1.54, 1.807) is 0 Å². The molecule has 0 bridgehead atoms. The molecule has 0 N–H and O–H groups in total. The van der Waals surface area contributed by atoms with Gasteiger partial charge in [-0.15, -0.1) is 0 Å². The van der Waals surface area contributed by atoms with Crippen LogP contribution in [0.15, 0.2) is 30.3 Å². The first-order valence-electron chi connectivity index (χ1n) is 5.06. The third-order valence-corrected chi connectivity index (χ3v) is 3.08. The van der Waals surface area contributed by atoms with E-state index in [2.05, 4.69) is 13.8 Å². The minimum Gasteiger partial charge on any atom is -0.335 e. The molecule has 0 aliphatic carbocycles. The van der Waals surface area contributed by atoms with Crippen LogP contribution in [0, 0.1) is 5.92 Å². The summed E-state index contributed by atoms with van der Waals surface area (Å²) in [7, 11) is 0. The molecule has 1 saturated heterocycles.